The lowest BCUT2D eigenvalue weighted by atomic mass is 9.95. The maximum absolute atomic E-state index is 12.3. The van der Waals surface area contributed by atoms with Crippen molar-refractivity contribution in [2.75, 3.05) is 6.61 Å². The maximum atomic E-state index is 12.3. The van der Waals surface area contributed by atoms with Crippen LogP contribution >= 0.6 is 0 Å². The van der Waals surface area contributed by atoms with Gasteiger partial charge >= 0.3 is 0 Å². The van der Waals surface area contributed by atoms with Crippen LogP contribution in [-0.4, -0.2) is 40.3 Å². The first-order chi connectivity index (χ1) is 12.8. The number of rotatable bonds is 5. The Kier molecular flexibility index (Phi) is 6.59. The van der Waals surface area contributed by atoms with Crippen molar-refractivity contribution >= 4 is 11.8 Å². The molecule has 1 saturated carbocycles. The van der Waals surface area contributed by atoms with E-state index >= 15 is 0 Å². The molecule has 7 nitrogen and oxygen atoms in total. The second kappa shape index (κ2) is 8.70. The molecule has 1 fully saturated rings. The van der Waals surface area contributed by atoms with Crippen LogP contribution in [0.4, 0.5) is 0 Å². The van der Waals surface area contributed by atoms with Crippen molar-refractivity contribution < 1.29 is 19.9 Å². The van der Waals surface area contributed by atoms with Gasteiger partial charge in [-0.2, -0.15) is 0 Å². The van der Waals surface area contributed by atoms with Crippen LogP contribution in [0.2, 0.25) is 0 Å². The largest absolute Gasteiger partial charge is 0.396 e. The molecule has 27 heavy (non-hydrogen) atoms. The third kappa shape index (κ3) is 5.83. The third-order valence-electron chi connectivity index (χ3n) is 4.22. The fraction of sp³-hybridized carbons (Fsp3) is 0.400. The smallest absolute Gasteiger partial charge is 0.267 e. The zero-order valence-electron chi connectivity index (χ0n) is 15.2. The van der Waals surface area contributed by atoms with E-state index in [1.807, 2.05) is 0 Å². The highest BCUT2D eigenvalue weighted by Crippen LogP contribution is 2.36. The lowest BCUT2D eigenvalue weighted by Gasteiger charge is -2.29. The van der Waals surface area contributed by atoms with Crippen molar-refractivity contribution in [3.8, 4) is 23.7 Å². The summed E-state index contributed by atoms with van der Waals surface area (Å²) < 4.78 is 0. The van der Waals surface area contributed by atoms with E-state index in [0.717, 1.165) is 6.42 Å². The van der Waals surface area contributed by atoms with Gasteiger partial charge in [0.2, 0.25) is 0 Å². The Bertz CT molecular complexity index is 819. The average molecular weight is 369 g/mol. The lowest BCUT2D eigenvalue weighted by Crippen LogP contribution is -2.61. The van der Waals surface area contributed by atoms with Gasteiger partial charge in [0.05, 0.1) is 0 Å². The van der Waals surface area contributed by atoms with Gasteiger partial charge in [0.25, 0.3) is 11.8 Å². The summed E-state index contributed by atoms with van der Waals surface area (Å²) in [6, 6.07) is 5.40. The first kappa shape index (κ1) is 20.5. The molecular formula is C20H23N3O4. The summed E-state index contributed by atoms with van der Waals surface area (Å²) in [4.78, 5) is 24.0. The van der Waals surface area contributed by atoms with E-state index in [1.54, 1.807) is 38.1 Å². The first-order valence-electron chi connectivity index (χ1n) is 8.52. The van der Waals surface area contributed by atoms with Crippen LogP contribution in [0.25, 0.3) is 0 Å². The Hall–Kier alpha value is -2.84. The molecule has 0 radical (unpaired) electrons. The minimum Gasteiger partial charge on any atom is -0.396 e. The van der Waals surface area contributed by atoms with E-state index in [1.165, 1.54) is 5.48 Å². The van der Waals surface area contributed by atoms with Crippen LogP contribution in [-0.2, 0) is 4.79 Å². The van der Waals surface area contributed by atoms with Crippen LogP contribution in [0.3, 0.4) is 0 Å². The van der Waals surface area contributed by atoms with E-state index in [9.17, 15) is 9.59 Å². The molecule has 1 aromatic carbocycles. The van der Waals surface area contributed by atoms with E-state index in [-0.39, 0.29) is 18.4 Å². The molecule has 1 aliphatic rings. The Morgan fingerprint density at radius 2 is 1.96 bits per heavy atom. The minimum absolute atomic E-state index is 0.165. The summed E-state index contributed by atoms with van der Waals surface area (Å²) >= 11 is 0. The number of aliphatic hydroxyl groups is 1. The Labute approximate surface area is 158 Å². The number of aliphatic hydroxyl groups excluding tert-OH is 1. The van der Waals surface area contributed by atoms with Crippen molar-refractivity contribution in [2.24, 2.45) is 17.6 Å². The van der Waals surface area contributed by atoms with Gasteiger partial charge in [0.15, 0.2) is 0 Å². The standard InChI is InChI=1S/C20H23N3O4/c1-20(2,21)17(19(26)23-27)22-18(25)14-9-7-13(8-10-14)5-3-4-6-15-11-16(15)12-24/h7-10,15-17,24,27H,11-12,21H2,1-2H3,(H,22,25)(H,23,26)/t15-,16+,17-/m1/s1. The predicted octanol–water partition coefficient (Wildman–Crippen LogP) is 0.0110. The highest BCUT2D eigenvalue weighted by molar-refractivity contribution is 5.97. The van der Waals surface area contributed by atoms with Crippen molar-refractivity contribution in [2.45, 2.75) is 31.8 Å². The van der Waals surface area contributed by atoms with Crippen molar-refractivity contribution in [3.63, 3.8) is 0 Å². The number of benzene rings is 1. The number of hydroxylamine groups is 1. The molecule has 142 valence electrons. The zero-order chi connectivity index (χ0) is 20.0. The molecule has 0 heterocycles. The molecule has 0 bridgehead atoms. The van der Waals surface area contributed by atoms with E-state index < -0.39 is 23.4 Å². The zero-order valence-corrected chi connectivity index (χ0v) is 15.2. The van der Waals surface area contributed by atoms with E-state index in [0.29, 0.717) is 11.1 Å². The van der Waals surface area contributed by atoms with Gasteiger partial charge in [0, 0.05) is 29.2 Å². The molecule has 0 saturated heterocycles. The van der Waals surface area contributed by atoms with Gasteiger partial charge in [-0.3, -0.25) is 14.8 Å². The van der Waals surface area contributed by atoms with Gasteiger partial charge in [-0.05, 0) is 62.3 Å². The van der Waals surface area contributed by atoms with Gasteiger partial charge in [-0.25, -0.2) is 5.48 Å². The topological polar surface area (TPSA) is 125 Å². The molecule has 3 atom stereocenters. The van der Waals surface area contributed by atoms with Crippen molar-refractivity contribution in [3.05, 3.63) is 35.4 Å². The Balaban J connectivity index is 2.00. The number of hydrogen-bond donors (Lipinski definition) is 5. The van der Waals surface area contributed by atoms with Gasteiger partial charge < -0.3 is 16.2 Å². The number of hydrogen-bond acceptors (Lipinski definition) is 5. The predicted molar refractivity (Wildman–Crippen MR) is 99.2 cm³/mol. The van der Waals surface area contributed by atoms with Gasteiger partial charge in [0.1, 0.15) is 6.04 Å². The molecule has 0 unspecified atom stereocenters. The monoisotopic (exact) mass is 369 g/mol. The third-order valence-corrected chi connectivity index (χ3v) is 4.22. The van der Waals surface area contributed by atoms with E-state index in [4.69, 9.17) is 16.0 Å². The molecule has 7 heteroatoms. The highest BCUT2D eigenvalue weighted by Gasteiger charge is 2.34. The number of carbonyl (C=O) groups excluding carboxylic acids is 2. The van der Waals surface area contributed by atoms with E-state index in [2.05, 4.69) is 29.0 Å². The quantitative estimate of drug-likeness (QED) is 0.284. The number of amides is 2. The van der Waals surface area contributed by atoms with Gasteiger partial charge in [-0.1, -0.05) is 11.8 Å². The molecule has 0 aliphatic heterocycles. The molecule has 0 spiro atoms. The molecule has 0 aromatic heterocycles. The van der Waals surface area contributed by atoms with Crippen molar-refractivity contribution in [1.29, 1.82) is 0 Å². The highest BCUT2D eigenvalue weighted by atomic mass is 16.5. The maximum Gasteiger partial charge on any atom is 0.267 e. The normalized spacial score (nSPS) is 18.9. The van der Waals surface area contributed by atoms with Gasteiger partial charge in [-0.15, -0.1) is 0 Å². The van der Waals surface area contributed by atoms with Crippen LogP contribution in [0.5, 0.6) is 0 Å². The second-order valence-electron chi connectivity index (χ2n) is 7.09. The SMILES string of the molecule is CC(C)(N)[C@H](NC(=O)c1ccc(C#CC#C[C@@H]2C[C@H]2CO)cc1)C(=O)NO. The number of nitrogens with one attached hydrogen (secondary N) is 2. The summed E-state index contributed by atoms with van der Waals surface area (Å²) in [6.07, 6.45) is 0.921. The molecule has 1 aromatic rings. The van der Waals surface area contributed by atoms with Crippen LogP contribution in [0, 0.1) is 35.5 Å². The molecule has 2 rings (SSSR count). The van der Waals surface area contributed by atoms with Crippen molar-refractivity contribution in [1.82, 2.24) is 10.8 Å². The Morgan fingerprint density at radius 1 is 1.30 bits per heavy atom. The molecule has 6 N–H and O–H groups in total. The van der Waals surface area contributed by atoms with Crippen LogP contribution < -0.4 is 16.5 Å². The fourth-order valence-electron chi connectivity index (χ4n) is 2.43. The lowest BCUT2D eigenvalue weighted by molar-refractivity contribution is -0.132. The summed E-state index contributed by atoms with van der Waals surface area (Å²) in [5.41, 5.74) is 7.35. The second-order valence-corrected chi connectivity index (χ2v) is 7.09. The molecular weight excluding hydrogens is 346 g/mol. The average Bonchev–Trinajstić information content (AvgIpc) is 3.40. The Morgan fingerprint density at radius 3 is 2.48 bits per heavy atom. The molecule has 2 amide bonds. The number of nitrogens with two attached hydrogens (primary N) is 1. The fourth-order valence-corrected chi connectivity index (χ4v) is 2.43. The first-order valence-corrected chi connectivity index (χ1v) is 8.52. The van der Waals surface area contributed by atoms with Crippen LogP contribution in [0.15, 0.2) is 24.3 Å². The molecule has 1 aliphatic carbocycles. The van der Waals surface area contributed by atoms with Crippen LogP contribution in [0.1, 0.15) is 36.2 Å². The minimum atomic E-state index is -1.10. The summed E-state index contributed by atoms with van der Waals surface area (Å²) in [7, 11) is 0. The summed E-state index contributed by atoms with van der Waals surface area (Å²) in [6.45, 7) is 3.30. The summed E-state index contributed by atoms with van der Waals surface area (Å²) in [5, 5.41) is 20.3. The summed E-state index contributed by atoms with van der Waals surface area (Å²) in [5.74, 6) is 10.6. The number of carbonyl (C=O) groups is 2.